The fraction of sp³-hybridized carbons (Fsp3) is 0.833. The lowest BCUT2D eigenvalue weighted by Crippen LogP contribution is -2.38. The summed E-state index contributed by atoms with van der Waals surface area (Å²) in [6, 6.07) is 0. The van der Waals surface area contributed by atoms with E-state index in [-0.39, 0.29) is 0 Å². The van der Waals surface area contributed by atoms with Crippen LogP contribution >= 0.6 is 0 Å². The third-order valence-electron chi connectivity index (χ3n) is 4.00. The van der Waals surface area contributed by atoms with Gasteiger partial charge in [-0.05, 0) is 19.3 Å². The quantitative estimate of drug-likeness (QED) is 0.395. The molecule has 0 unspecified atom stereocenters. The molecular weight excluding hydrogens is 244 g/mol. The van der Waals surface area contributed by atoms with Crippen molar-refractivity contribution in [3.8, 4) is 0 Å². The summed E-state index contributed by atoms with van der Waals surface area (Å²) in [6.45, 7) is 11.5. The van der Waals surface area contributed by atoms with E-state index in [2.05, 4.69) is 49.2 Å². The average molecular weight is 279 g/mol. The molecule has 2 nitrogen and oxygen atoms in total. The number of aromatic nitrogens is 2. The van der Waals surface area contributed by atoms with E-state index >= 15 is 0 Å². The van der Waals surface area contributed by atoms with Crippen LogP contribution in [-0.4, -0.2) is 4.57 Å². The molecule has 0 aliphatic heterocycles. The zero-order valence-electron chi connectivity index (χ0n) is 14.2. The van der Waals surface area contributed by atoms with Gasteiger partial charge < -0.3 is 0 Å². The third-order valence-corrected chi connectivity index (χ3v) is 4.00. The zero-order chi connectivity index (χ0) is 14.8. The number of nitrogens with zero attached hydrogens (tertiary/aromatic N) is 2. The predicted octanol–water partition coefficient (Wildman–Crippen LogP) is 5.06. The van der Waals surface area contributed by atoms with Gasteiger partial charge in [-0.1, -0.05) is 59.8 Å². The summed E-state index contributed by atoms with van der Waals surface area (Å²) in [5, 5.41) is 0. The molecule has 0 amide bonds. The first kappa shape index (κ1) is 17.3. The van der Waals surface area contributed by atoms with Crippen LogP contribution in [0.5, 0.6) is 0 Å². The van der Waals surface area contributed by atoms with E-state index in [9.17, 15) is 0 Å². The molecule has 0 saturated heterocycles. The molecule has 0 aliphatic rings. The lowest BCUT2D eigenvalue weighted by atomic mass is 10.1. The van der Waals surface area contributed by atoms with Gasteiger partial charge in [0.1, 0.15) is 12.4 Å². The third kappa shape index (κ3) is 5.68. The highest BCUT2D eigenvalue weighted by molar-refractivity contribution is 4.89. The smallest absolute Gasteiger partial charge is 0.234 e. The summed E-state index contributed by atoms with van der Waals surface area (Å²) >= 11 is 0. The predicted molar refractivity (Wildman–Crippen MR) is 87.0 cm³/mol. The molecule has 1 heterocycles. The summed E-state index contributed by atoms with van der Waals surface area (Å²) in [7, 11) is 0. The molecule has 0 saturated carbocycles. The summed E-state index contributed by atoms with van der Waals surface area (Å²) in [4.78, 5) is 0. The van der Waals surface area contributed by atoms with Crippen LogP contribution in [0.2, 0.25) is 0 Å². The van der Waals surface area contributed by atoms with E-state index in [1.165, 1.54) is 63.7 Å². The Morgan fingerprint density at radius 2 is 1.60 bits per heavy atom. The summed E-state index contributed by atoms with van der Waals surface area (Å²) in [5.74, 6) is 2.11. The van der Waals surface area contributed by atoms with Gasteiger partial charge in [0.05, 0.1) is 19.0 Å². The van der Waals surface area contributed by atoms with E-state index in [0.29, 0.717) is 5.92 Å². The molecule has 1 rings (SSSR count). The van der Waals surface area contributed by atoms with Crippen molar-refractivity contribution in [3.05, 3.63) is 18.2 Å². The van der Waals surface area contributed by atoms with Gasteiger partial charge in [0.25, 0.3) is 5.82 Å². The van der Waals surface area contributed by atoms with E-state index in [1.807, 2.05) is 0 Å². The first-order valence-electron chi connectivity index (χ1n) is 8.79. The second kappa shape index (κ2) is 10.0. The Hall–Kier alpha value is -0.790. The minimum absolute atomic E-state index is 0.612. The SMILES string of the molecule is CCCCCCCCC[n+]1ccn(CCC)c1C(C)C. The van der Waals surface area contributed by atoms with Crippen LogP contribution in [0, 0.1) is 0 Å². The summed E-state index contributed by atoms with van der Waals surface area (Å²) in [6.07, 6.45) is 15.5. The Bertz CT molecular complexity index is 352. The van der Waals surface area contributed by atoms with Crippen LogP contribution in [0.15, 0.2) is 12.4 Å². The average Bonchev–Trinajstić information content (AvgIpc) is 2.81. The zero-order valence-corrected chi connectivity index (χ0v) is 14.2. The molecule has 0 spiro atoms. The molecular formula is C18H35N2+. The maximum absolute atomic E-state index is 2.48. The van der Waals surface area contributed by atoms with E-state index in [0.717, 1.165) is 6.54 Å². The van der Waals surface area contributed by atoms with Gasteiger partial charge in [-0.3, -0.25) is 0 Å². The molecule has 0 aromatic carbocycles. The maximum Gasteiger partial charge on any atom is 0.258 e. The number of hydrogen-bond donors (Lipinski definition) is 0. The van der Waals surface area contributed by atoms with Crippen molar-refractivity contribution in [3.63, 3.8) is 0 Å². The standard InChI is InChI=1S/C18H35N2/c1-5-7-8-9-10-11-12-14-20-16-15-19(13-6-2)18(20)17(3)4/h15-17H,5-14H2,1-4H3/q+1. The highest BCUT2D eigenvalue weighted by Crippen LogP contribution is 2.12. The van der Waals surface area contributed by atoms with E-state index in [4.69, 9.17) is 0 Å². The van der Waals surface area contributed by atoms with Crippen molar-refractivity contribution in [1.29, 1.82) is 0 Å². The minimum Gasteiger partial charge on any atom is -0.234 e. The maximum atomic E-state index is 2.48. The molecule has 1 aromatic heterocycles. The molecule has 0 atom stereocenters. The number of hydrogen-bond acceptors (Lipinski definition) is 0. The van der Waals surface area contributed by atoms with Gasteiger partial charge in [0.15, 0.2) is 0 Å². The first-order chi connectivity index (χ1) is 9.70. The van der Waals surface area contributed by atoms with Crippen molar-refractivity contribution in [2.75, 3.05) is 0 Å². The number of aryl methyl sites for hydroxylation is 2. The van der Waals surface area contributed by atoms with Crippen molar-refractivity contribution in [1.82, 2.24) is 4.57 Å². The van der Waals surface area contributed by atoms with Crippen molar-refractivity contribution in [2.45, 2.75) is 98.1 Å². The monoisotopic (exact) mass is 279 g/mol. The van der Waals surface area contributed by atoms with Crippen LogP contribution in [-0.2, 0) is 13.1 Å². The van der Waals surface area contributed by atoms with Crippen molar-refractivity contribution < 1.29 is 4.57 Å². The van der Waals surface area contributed by atoms with Crippen molar-refractivity contribution >= 4 is 0 Å². The highest BCUT2D eigenvalue weighted by atomic mass is 15.1. The lowest BCUT2D eigenvalue weighted by molar-refractivity contribution is -0.705. The molecule has 0 aliphatic carbocycles. The molecule has 0 fully saturated rings. The first-order valence-corrected chi connectivity index (χ1v) is 8.79. The van der Waals surface area contributed by atoms with Gasteiger partial charge in [-0.15, -0.1) is 0 Å². The van der Waals surface area contributed by atoms with Crippen LogP contribution in [0.1, 0.15) is 90.8 Å². The van der Waals surface area contributed by atoms with Crippen LogP contribution in [0.3, 0.4) is 0 Å². The van der Waals surface area contributed by atoms with Crippen LogP contribution in [0.4, 0.5) is 0 Å². The molecule has 1 aromatic rings. The minimum atomic E-state index is 0.612. The number of rotatable bonds is 11. The van der Waals surface area contributed by atoms with Crippen molar-refractivity contribution in [2.24, 2.45) is 0 Å². The molecule has 2 heteroatoms. The Morgan fingerprint density at radius 3 is 2.20 bits per heavy atom. The highest BCUT2D eigenvalue weighted by Gasteiger charge is 2.19. The summed E-state index contributed by atoms with van der Waals surface area (Å²) < 4.78 is 4.91. The molecule has 0 N–H and O–H groups in total. The molecule has 0 bridgehead atoms. The normalized spacial score (nSPS) is 11.4. The van der Waals surface area contributed by atoms with Crippen LogP contribution in [0.25, 0.3) is 0 Å². The van der Waals surface area contributed by atoms with E-state index in [1.54, 1.807) is 0 Å². The Labute approximate surface area is 126 Å². The lowest BCUT2D eigenvalue weighted by Gasteiger charge is -2.07. The topological polar surface area (TPSA) is 8.81 Å². The molecule has 20 heavy (non-hydrogen) atoms. The number of unbranched alkanes of at least 4 members (excludes halogenated alkanes) is 6. The summed E-state index contributed by atoms with van der Waals surface area (Å²) in [5.41, 5.74) is 0. The second-order valence-electron chi connectivity index (χ2n) is 6.32. The molecule has 0 radical (unpaired) electrons. The Morgan fingerprint density at radius 1 is 0.950 bits per heavy atom. The molecule has 116 valence electrons. The fourth-order valence-electron chi connectivity index (χ4n) is 3.00. The Balaban J connectivity index is 2.36. The van der Waals surface area contributed by atoms with E-state index < -0.39 is 0 Å². The fourth-order valence-corrected chi connectivity index (χ4v) is 3.00. The number of imidazole rings is 1. The second-order valence-corrected chi connectivity index (χ2v) is 6.32. The van der Waals surface area contributed by atoms with Gasteiger partial charge in [-0.2, -0.15) is 0 Å². The largest absolute Gasteiger partial charge is 0.258 e. The van der Waals surface area contributed by atoms with Gasteiger partial charge in [-0.25, -0.2) is 9.13 Å². The Kier molecular flexibility index (Phi) is 8.64. The van der Waals surface area contributed by atoms with Crippen LogP contribution < -0.4 is 4.57 Å². The van der Waals surface area contributed by atoms with Gasteiger partial charge in [0.2, 0.25) is 0 Å². The van der Waals surface area contributed by atoms with Gasteiger partial charge in [0, 0.05) is 0 Å². The van der Waals surface area contributed by atoms with Gasteiger partial charge >= 0.3 is 0 Å².